The van der Waals surface area contributed by atoms with E-state index in [0.29, 0.717) is 16.9 Å². The van der Waals surface area contributed by atoms with Gasteiger partial charge in [0, 0.05) is 30.9 Å². The number of rotatable bonds is 7. The summed E-state index contributed by atoms with van der Waals surface area (Å²) in [6.45, 7) is 10.5. The SMILES string of the molecule is C=CCn1c(=NC(=O)c2ccc(N(CC)CC)cc2)sc2cccc(OC)c21. The van der Waals surface area contributed by atoms with Gasteiger partial charge in [0.1, 0.15) is 11.3 Å². The molecule has 0 N–H and O–H groups in total. The zero-order chi connectivity index (χ0) is 20.1. The fourth-order valence-corrected chi connectivity index (χ4v) is 4.26. The van der Waals surface area contributed by atoms with Crippen molar-refractivity contribution in [2.75, 3.05) is 25.1 Å². The lowest BCUT2D eigenvalue weighted by Crippen LogP contribution is -2.21. The molecule has 1 heterocycles. The lowest BCUT2D eigenvalue weighted by atomic mass is 10.2. The molecule has 1 amide bonds. The van der Waals surface area contributed by atoms with Crippen LogP contribution in [0.5, 0.6) is 5.75 Å². The van der Waals surface area contributed by atoms with E-state index >= 15 is 0 Å². The average molecular weight is 396 g/mol. The van der Waals surface area contributed by atoms with E-state index in [1.807, 2.05) is 47.0 Å². The Hall–Kier alpha value is -2.86. The Labute approximate surface area is 169 Å². The summed E-state index contributed by atoms with van der Waals surface area (Å²) in [6.07, 6.45) is 1.79. The molecule has 0 unspecified atom stereocenters. The van der Waals surface area contributed by atoms with Crippen molar-refractivity contribution in [3.8, 4) is 5.75 Å². The number of amides is 1. The molecule has 0 saturated heterocycles. The van der Waals surface area contributed by atoms with E-state index in [1.165, 1.54) is 11.3 Å². The molecule has 0 aliphatic heterocycles. The number of benzene rings is 2. The largest absolute Gasteiger partial charge is 0.495 e. The van der Waals surface area contributed by atoms with Crippen LogP contribution in [0.1, 0.15) is 24.2 Å². The molecule has 3 rings (SSSR count). The lowest BCUT2D eigenvalue weighted by molar-refractivity contribution is 0.0998. The molecule has 5 nitrogen and oxygen atoms in total. The van der Waals surface area contributed by atoms with Crippen LogP contribution in [0.4, 0.5) is 5.69 Å². The van der Waals surface area contributed by atoms with Crippen LogP contribution in [0.15, 0.2) is 60.1 Å². The van der Waals surface area contributed by atoms with E-state index in [1.54, 1.807) is 13.2 Å². The summed E-state index contributed by atoms with van der Waals surface area (Å²) in [4.78, 5) is 20.1. The Balaban J connectivity index is 2.03. The highest BCUT2D eigenvalue weighted by molar-refractivity contribution is 7.16. The van der Waals surface area contributed by atoms with Crippen LogP contribution in [0.3, 0.4) is 0 Å². The highest BCUT2D eigenvalue weighted by Gasteiger charge is 2.12. The second-order valence-corrected chi connectivity index (χ2v) is 7.24. The number of carbonyl (C=O) groups is 1. The molecule has 6 heteroatoms. The molecule has 0 bridgehead atoms. The number of para-hydroxylation sites is 1. The Bertz CT molecular complexity index is 1040. The van der Waals surface area contributed by atoms with E-state index in [4.69, 9.17) is 4.74 Å². The second-order valence-electron chi connectivity index (χ2n) is 6.23. The summed E-state index contributed by atoms with van der Waals surface area (Å²) in [7, 11) is 1.64. The quantitative estimate of drug-likeness (QED) is 0.554. The highest BCUT2D eigenvalue weighted by atomic mass is 32.1. The zero-order valence-corrected chi connectivity index (χ0v) is 17.3. The van der Waals surface area contributed by atoms with Gasteiger partial charge in [-0.3, -0.25) is 4.79 Å². The van der Waals surface area contributed by atoms with Crippen LogP contribution in [0, 0.1) is 0 Å². The van der Waals surface area contributed by atoms with E-state index in [2.05, 4.69) is 30.3 Å². The molecule has 146 valence electrons. The maximum absolute atomic E-state index is 12.8. The molecular weight excluding hydrogens is 370 g/mol. The second kappa shape index (κ2) is 8.89. The number of hydrogen-bond acceptors (Lipinski definition) is 4. The fraction of sp³-hybridized carbons (Fsp3) is 0.273. The minimum absolute atomic E-state index is 0.255. The van der Waals surface area contributed by atoms with Crippen molar-refractivity contribution in [1.29, 1.82) is 0 Å². The number of fused-ring (bicyclic) bond motifs is 1. The number of nitrogens with zero attached hydrogens (tertiary/aromatic N) is 3. The maximum Gasteiger partial charge on any atom is 0.279 e. The number of ether oxygens (including phenoxy) is 1. The summed E-state index contributed by atoms with van der Waals surface area (Å²) in [5, 5.41) is 0. The molecule has 28 heavy (non-hydrogen) atoms. The van der Waals surface area contributed by atoms with Gasteiger partial charge in [0.15, 0.2) is 4.80 Å². The molecule has 2 aromatic carbocycles. The van der Waals surface area contributed by atoms with Crippen molar-refractivity contribution in [1.82, 2.24) is 4.57 Å². The van der Waals surface area contributed by atoms with Crippen LogP contribution in [0.2, 0.25) is 0 Å². The molecular formula is C22H25N3O2S. The third-order valence-corrected chi connectivity index (χ3v) is 5.68. The molecule has 1 aromatic heterocycles. The van der Waals surface area contributed by atoms with Crippen molar-refractivity contribution in [3.05, 3.63) is 65.5 Å². The first-order valence-corrected chi connectivity index (χ1v) is 10.2. The van der Waals surface area contributed by atoms with Crippen molar-refractivity contribution in [2.45, 2.75) is 20.4 Å². The Morgan fingerprint density at radius 2 is 1.93 bits per heavy atom. The minimum atomic E-state index is -0.255. The molecule has 0 radical (unpaired) electrons. The predicted octanol–water partition coefficient (Wildman–Crippen LogP) is 4.48. The molecule has 0 spiro atoms. The number of methoxy groups -OCH3 is 1. The molecule has 0 fully saturated rings. The topological polar surface area (TPSA) is 46.8 Å². The summed E-state index contributed by atoms with van der Waals surface area (Å²) >= 11 is 1.47. The highest BCUT2D eigenvalue weighted by Crippen LogP contribution is 2.27. The Kier molecular flexibility index (Phi) is 6.31. The van der Waals surface area contributed by atoms with Crippen molar-refractivity contribution < 1.29 is 9.53 Å². The Morgan fingerprint density at radius 1 is 1.21 bits per heavy atom. The van der Waals surface area contributed by atoms with Gasteiger partial charge in [-0.15, -0.1) is 6.58 Å². The number of hydrogen-bond donors (Lipinski definition) is 0. The molecule has 0 saturated carbocycles. The normalized spacial score (nSPS) is 11.6. The van der Waals surface area contributed by atoms with E-state index in [0.717, 1.165) is 34.7 Å². The van der Waals surface area contributed by atoms with Crippen molar-refractivity contribution in [2.24, 2.45) is 4.99 Å². The lowest BCUT2D eigenvalue weighted by Gasteiger charge is -2.20. The van der Waals surface area contributed by atoms with Gasteiger partial charge in [0.25, 0.3) is 5.91 Å². The van der Waals surface area contributed by atoms with Crippen LogP contribution in [-0.2, 0) is 6.54 Å². The smallest absolute Gasteiger partial charge is 0.279 e. The third-order valence-electron chi connectivity index (χ3n) is 4.64. The fourth-order valence-electron chi connectivity index (χ4n) is 3.20. The van der Waals surface area contributed by atoms with E-state index in [9.17, 15) is 4.79 Å². The van der Waals surface area contributed by atoms with Gasteiger partial charge in [-0.25, -0.2) is 0 Å². The standard InChI is InChI=1S/C22H25N3O2S/c1-5-15-25-20-18(27-4)9-8-10-19(20)28-22(25)23-21(26)16-11-13-17(14-12-16)24(6-2)7-3/h5,8-14H,1,6-7,15H2,2-4H3. The van der Waals surface area contributed by atoms with Gasteiger partial charge in [-0.05, 0) is 50.2 Å². The van der Waals surface area contributed by atoms with Crippen LogP contribution in [-0.4, -0.2) is 30.7 Å². The van der Waals surface area contributed by atoms with Gasteiger partial charge < -0.3 is 14.2 Å². The number of thiazole rings is 1. The minimum Gasteiger partial charge on any atom is -0.495 e. The molecule has 0 aliphatic rings. The number of anilines is 1. The summed E-state index contributed by atoms with van der Waals surface area (Å²) in [5.74, 6) is 0.502. The van der Waals surface area contributed by atoms with Gasteiger partial charge in [0.05, 0.1) is 11.8 Å². The summed E-state index contributed by atoms with van der Waals surface area (Å²) < 4.78 is 8.48. The number of allylic oxidation sites excluding steroid dienone is 1. The van der Waals surface area contributed by atoms with E-state index in [-0.39, 0.29) is 5.91 Å². The first kappa shape index (κ1) is 19.9. The Morgan fingerprint density at radius 3 is 2.54 bits per heavy atom. The molecule has 3 aromatic rings. The van der Waals surface area contributed by atoms with Gasteiger partial charge in [-0.1, -0.05) is 23.5 Å². The van der Waals surface area contributed by atoms with Crippen LogP contribution < -0.4 is 14.4 Å². The van der Waals surface area contributed by atoms with Crippen LogP contribution >= 0.6 is 11.3 Å². The molecule has 0 aliphatic carbocycles. The monoisotopic (exact) mass is 395 g/mol. The maximum atomic E-state index is 12.8. The zero-order valence-electron chi connectivity index (χ0n) is 16.5. The molecule has 0 atom stereocenters. The van der Waals surface area contributed by atoms with Gasteiger partial charge in [0.2, 0.25) is 0 Å². The summed E-state index contributed by atoms with van der Waals surface area (Å²) in [5.41, 5.74) is 2.61. The first-order chi connectivity index (χ1) is 13.6. The predicted molar refractivity (Wildman–Crippen MR) is 116 cm³/mol. The number of aromatic nitrogens is 1. The third kappa shape index (κ3) is 3.87. The van der Waals surface area contributed by atoms with E-state index < -0.39 is 0 Å². The summed E-state index contributed by atoms with van der Waals surface area (Å²) in [6, 6.07) is 13.5. The van der Waals surface area contributed by atoms with Crippen molar-refractivity contribution >= 4 is 33.1 Å². The average Bonchev–Trinajstić information content (AvgIpc) is 3.07. The van der Waals surface area contributed by atoms with Crippen LogP contribution in [0.25, 0.3) is 10.2 Å². The number of carbonyl (C=O) groups excluding carboxylic acids is 1. The van der Waals surface area contributed by atoms with Gasteiger partial charge in [-0.2, -0.15) is 4.99 Å². The van der Waals surface area contributed by atoms with Crippen molar-refractivity contribution in [3.63, 3.8) is 0 Å². The van der Waals surface area contributed by atoms with Gasteiger partial charge >= 0.3 is 0 Å². The first-order valence-electron chi connectivity index (χ1n) is 9.34.